The summed E-state index contributed by atoms with van der Waals surface area (Å²) in [6.07, 6.45) is -0.0124. The molecule has 1 saturated heterocycles. The van der Waals surface area contributed by atoms with Crippen molar-refractivity contribution in [1.29, 1.82) is 0 Å². The number of fused-ring (bicyclic) bond motifs is 1. The second-order valence-electron chi connectivity index (χ2n) is 7.28. The molecule has 30 heavy (non-hydrogen) atoms. The van der Waals surface area contributed by atoms with E-state index in [-0.39, 0.29) is 29.7 Å². The van der Waals surface area contributed by atoms with Gasteiger partial charge in [0.1, 0.15) is 11.3 Å². The van der Waals surface area contributed by atoms with E-state index in [1.807, 2.05) is 17.0 Å². The van der Waals surface area contributed by atoms with E-state index >= 15 is 0 Å². The van der Waals surface area contributed by atoms with E-state index in [4.69, 9.17) is 0 Å². The Labute approximate surface area is 178 Å². The van der Waals surface area contributed by atoms with Gasteiger partial charge < -0.3 is 9.80 Å². The number of nitrogens with zero attached hydrogens (tertiary/aromatic N) is 3. The molecule has 0 radical (unpaired) electrons. The first-order valence-corrected chi connectivity index (χ1v) is 12.4. The van der Waals surface area contributed by atoms with Crippen LogP contribution in [0.15, 0.2) is 48.5 Å². The average Bonchev–Trinajstić information content (AvgIpc) is 3.18. The summed E-state index contributed by atoms with van der Waals surface area (Å²) in [5.74, 6) is -0.691. The molecule has 6 nitrogen and oxygen atoms in total. The topological polar surface area (TPSA) is 70.6 Å². The molecular weight excluding hydrogens is 425 g/mol. The largest absolute Gasteiger partial charge is 0.345 e. The Hall–Kier alpha value is -2.52. The number of rotatable bonds is 6. The third-order valence-electron chi connectivity index (χ3n) is 5.12. The van der Waals surface area contributed by atoms with Gasteiger partial charge in [0.25, 0.3) is 0 Å². The Morgan fingerprint density at radius 2 is 1.77 bits per heavy atom. The number of thiazole rings is 1. The summed E-state index contributed by atoms with van der Waals surface area (Å²) in [5, 5.41) is 0.743. The average molecular weight is 448 g/mol. The molecule has 2 aromatic carbocycles. The summed E-state index contributed by atoms with van der Waals surface area (Å²) in [6, 6.07) is 13.9. The van der Waals surface area contributed by atoms with Crippen molar-refractivity contribution in [1.82, 2.24) is 9.88 Å². The Morgan fingerprint density at radius 1 is 1.03 bits per heavy atom. The van der Waals surface area contributed by atoms with Gasteiger partial charge in [-0.05, 0) is 17.7 Å². The molecule has 0 N–H and O–H groups in total. The Morgan fingerprint density at radius 3 is 2.47 bits per heavy atom. The smallest absolute Gasteiger partial charge is 0.223 e. The molecule has 1 amide bonds. The molecule has 158 valence electrons. The maximum absolute atomic E-state index is 13.9. The molecule has 0 unspecified atom stereocenters. The fraction of sp³-hybridized carbons (Fsp3) is 0.333. The van der Waals surface area contributed by atoms with Crippen molar-refractivity contribution in [2.24, 2.45) is 0 Å². The van der Waals surface area contributed by atoms with Gasteiger partial charge in [0.2, 0.25) is 5.91 Å². The molecule has 1 fully saturated rings. The van der Waals surface area contributed by atoms with Crippen LogP contribution in [0, 0.1) is 5.82 Å². The predicted molar refractivity (Wildman–Crippen MR) is 117 cm³/mol. The molecule has 0 spiro atoms. The van der Waals surface area contributed by atoms with Gasteiger partial charge in [0, 0.05) is 32.6 Å². The van der Waals surface area contributed by atoms with Crippen LogP contribution >= 0.6 is 11.3 Å². The molecule has 1 aliphatic rings. The summed E-state index contributed by atoms with van der Waals surface area (Å²) in [4.78, 5) is 20.6. The fourth-order valence-corrected chi connectivity index (χ4v) is 5.85. The summed E-state index contributed by atoms with van der Waals surface area (Å²) >= 11 is 1.43. The number of para-hydroxylation sites is 1. The molecule has 1 aromatic heterocycles. The van der Waals surface area contributed by atoms with Crippen molar-refractivity contribution >= 4 is 42.4 Å². The van der Waals surface area contributed by atoms with Gasteiger partial charge in [-0.1, -0.05) is 47.7 Å². The van der Waals surface area contributed by atoms with Crippen LogP contribution in [0.25, 0.3) is 10.2 Å². The summed E-state index contributed by atoms with van der Waals surface area (Å²) < 4.78 is 39.3. The number of anilines is 1. The van der Waals surface area contributed by atoms with E-state index in [2.05, 4.69) is 4.98 Å². The zero-order valence-corrected chi connectivity index (χ0v) is 18.0. The van der Waals surface area contributed by atoms with Gasteiger partial charge in [0.05, 0.1) is 16.2 Å². The highest BCUT2D eigenvalue weighted by molar-refractivity contribution is 7.90. The zero-order valence-electron chi connectivity index (χ0n) is 16.3. The molecule has 1 aliphatic heterocycles. The van der Waals surface area contributed by atoms with Gasteiger partial charge in [0.15, 0.2) is 15.0 Å². The first-order chi connectivity index (χ1) is 14.4. The lowest BCUT2D eigenvalue weighted by atomic mass is 10.2. The number of sulfone groups is 1. The second-order valence-corrected chi connectivity index (χ2v) is 10.5. The van der Waals surface area contributed by atoms with Gasteiger partial charge in [-0.25, -0.2) is 17.8 Å². The quantitative estimate of drug-likeness (QED) is 0.581. The lowest BCUT2D eigenvalue weighted by Crippen LogP contribution is -2.49. The molecule has 0 saturated carbocycles. The first-order valence-electron chi connectivity index (χ1n) is 9.73. The van der Waals surface area contributed by atoms with Crippen LogP contribution < -0.4 is 4.90 Å². The Kier molecular flexibility index (Phi) is 6.01. The lowest BCUT2D eigenvalue weighted by Gasteiger charge is -2.34. The van der Waals surface area contributed by atoms with Crippen molar-refractivity contribution in [3.63, 3.8) is 0 Å². The van der Waals surface area contributed by atoms with Gasteiger partial charge >= 0.3 is 0 Å². The number of piperazine rings is 1. The standard InChI is InChI=1S/C21H22FN3O3S2/c22-17-7-4-8-18-20(17)23-21(29-18)25-12-10-24(11-13-25)19(26)9-14-30(27,28)15-16-5-2-1-3-6-16/h1-8H,9-15H2. The van der Waals surface area contributed by atoms with Crippen LogP contribution in [0.1, 0.15) is 12.0 Å². The van der Waals surface area contributed by atoms with Crippen LogP contribution in [-0.2, 0) is 20.4 Å². The zero-order chi connectivity index (χ0) is 21.1. The third-order valence-corrected chi connectivity index (χ3v) is 7.80. The highest BCUT2D eigenvalue weighted by atomic mass is 32.2. The number of amides is 1. The molecule has 2 heterocycles. The van der Waals surface area contributed by atoms with E-state index in [0.717, 1.165) is 15.4 Å². The molecular formula is C21H22FN3O3S2. The van der Waals surface area contributed by atoms with Crippen molar-refractivity contribution in [3.05, 3.63) is 59.9 Å². The first kappa shape index (κ1) is 20.7. The van der Waals surface area contributed by atoms with E-state index in [1.165, 1.54) is 17.4 Å². The number of carbonyl (C=O) groups is 1. The van der Waals surface area contributed by atoms with Crippen molar-refractivity contribution < 1.29 is 17.6 Å². The van der Waals surface area contributed by atoms with E-state index in [0.29, 0.717) is 31.7 Å². The van der Waals surface area contributed by atoms with Crippen molar-refractivity contribution in [2.45, 2.75) is 12.2 Å². The highest BCUT2D eigenvalue weighted by Crippen LogP contribution is 2.30. The number of aromatic nitrogens is 1. The molecule has 4 rings (SSSR count). The van der Waals surface area contributed by atoms with Crippen LogP contribution in [0.2, 0.25) is 0 Å². The van der Waals surface area contributed by atoms with E-state index in [1.54, 1.807) is 35.2 Å². The lowest BCUT2D eigenvalue weighted by molar-refractivity contribution is -0.131. The SMILES string of the molecule is O=C(CCS(=O)(=O)Cc1ccccc1)N1CCN(c2nc3c(F)cccc3s2)CC1. The minimum atomic E-state index is -3.34. The predicted octanol–water partition coefficient (Wildman–Crippen LogP) is 3.09. The van der Waals surface area contributed by atoms with Gasteiger partial charge in [-0.15, -0.1) is 0 Å². The summed E-state index contributed by atoms with van der Waals surface area (Å²) in [7, 11) is -3.34. The maximum Gasteiger partial charge on any atom is 0.223 e. The van der Waals surface area contributed by atoms with E-state index < -0.39 is 9.84 Å². The van der Waals surface area contributed by atoms with Crippen LogP contribution in [-0.4, -0.2) is 56.1 Å². The van der Waals surface area contributed by atoms with Crippen LogP contribution in [0.5, 0.6) is 0 Å². The van der Waals surface area contributed by atoms with Crippen molar-refractivity contribution in [2.75, 3.05) is 36.8 Å². The number of hydrogen-bond acceptors (Lipinski definition) is 6. The van der Waals surface area contributed by atoms with Crippen molar-refractivity contribution in [3.8, 4) is 0 Å². The second kappa shape index (κ2) is 8.69. The minimum absolute atomic E-state index is 0.0124. The maximum atomic E-state index is 13.9. The third kappa shape index (κ3) is 4.79. The monoisotopic (exact) mass is 447 g/mol. The van der Waals surface area contributed by atoms with Crippen LogP contribution in [0.4, 0.5) is 9.52 Å². The van der Waals surface area contributed by atoms with Crippen LogP contribution in [0.3, 0.4) is 0 Å². The number of hydrogen-bond donors (Lipinski definition) is 0. The summed E-state index contributed by atoms with van der Waals surface area (Å²) in [6.45, 7) is 2.17. The molecule has 3 aromatic rings. The van der Waals surface area contributed by atoms with Gasteiger partial charge in [-0.3, -0.25) is 4.79 Å². The molecule has 0 bridgehead atoms. The molecule has 9 heteroatoms. The Bertz CT molecular complexity index is 1140. The highest BCUT2D eigenvalue weighted by Gasteiger charge is 2.24. The summed E-state index contributed by atoms with van der Waals surface area (Å²) in [5.41, 5.74) is 1.10. The Balaban J connectivity index is 1.30. The van der Waals surface area contributed by atoms with Gasteiger partial charge in [-0.2, -0.15) is 0 Å². The number of benzene rings is 2. The number of carbonyl (C=O) groups excluding carboxylic acids is 1. The number of halogens is 1. The minimum Gasteiger partial charge on any atom is -0.345 e. The fourth-order valence-electron chi connectivity index (χ4n) is 3.49. The van der Waals surface area contributed by atoms with E-state index in [9.17, 15) is 17.6 Å². The normalized spacial score (nSPS) is 15.0. The molecule has 0 aliphatic carbocycles. The molecule has 0 atom stereocenters.